The van der Waals surface area contributed by atoms with E-state index in [1.54, 1.807) is 0 Å². The van der Waals surface area contributed by atoms with Gasteiger partial charge in [0.2, 0.25) is 0 Å². The quantitative estimate of drug-likeness (QED) is 0.140. The first kappa shape index (κ1) is 31.6. The number of unbranched alkanes of at least 4 members (excludes halogenated alkanes) is 2. The molecule has 6 aromatic carbocycles. The van der Waals surface area contributed by atoms with Crippen LogP contribution in [0.3, 0.4) is 0 Å². The number of benzene rings is 4. The van der Waals surface area contributed by atoms with Crippen LogP contribution in [0.25, 0.3) is 21.5 Å². The summed E-state index contributed by atoms with van der Waals surface area (Å²) in [6.45, 7) is 11.4. The summed E-state index contributed by atoms with van der Waals surface area (Å²) in [5, 5.41) is 11.0. The molecule has 0 aliphatic carbocycles. The van der Waals surface area contributed by atoms with Crippen molar-refractivity contribution in [1.82, 2.24) is 0 Å². The average molecular weight is 573 g/mol. The van der Waals surface area contributed by atoms with Crippen LogP contribution < -0.4 is 20.7 Å². The third-order valence-corrected chi connectivity index (χ3v) is 11.9. The van der Waals surface area contributed by atoms with Crippen molar-refractivity contribution in [2.75, 3.05) is 0 Å². The van der Waals surface area contributed by atoms with Gasteiger partial charge in [-0.3, -0.25) is 0 Å². The van der Waals surface area contributed by atoms with Crippen LogP contribution in [0.15, 0.2) is 133 Å². The van der Waals surface area contributed by atoms with Gasteiger partial charge in [-0.1, -0.05) is 99.5 Å². The van der Waals surface area contributed by atoms with Crippen molar-refractivity contribution in [2.24, 2.45) is 0 Å². The van der Waals surface area contributed by atoms with Crippen molar-refractivity contribution in [3.05, 3.63) is 147 Å². The van der Waals surface area contributed by atoms with Crippen LogP contribution in [0.4, 0.5) is 0 Å². The molecule has 0 amide bonds. The predicted octanol–water partition coefficient (Wildman–Crippen LogP) is 8.05. The third-order valence-electron chi connectivity index (χ3n) is 7.22. The molecule has 0 N–H and O–H groups in total. The van der Waals surface area contributed by atoms with Crippen molar-refractivity contribution >= 4 is 50.4 Å². The van der Waals surface area contributed by atoms with Gasteiger partial charge in [-0.05, 0) is 10.4 Å². The Bertz CT molecular complexity index is 1350. The summed E-state index contributed by atoms with van der Waals surface area (Å²) in [5.74, 6) is 0. The molecule has 0 aliphatic heterocycles. The SMILES string of the molecule is [CH2-]CCC.[CH2-]CCC.[Ti+4].c1ccc([Si](c2ccccc2)(c2cc3ccccc3[cH-]2)c2cc3ccccc3[cH-]2)cc1. The molecule has 0 atom stereocenters. The summed E-state index contributed by atoms with van der Waals surface area (Å²) in [7, 11) is -2.47. The maximum Gasteiger partial charge on any atom is 4.00 e. The fourth-order valence-corrected chi connectivity index (χ4v) is 9.98. The second-order valence-corrected chi connectivity index (χ2v) is 13.7. The van der Waals surface area contributed by atoms with E-state index < -0.39 is 8.07 Å². The van der Waals surface area contributed by atoms with E-state index in [-0.39, 0.29) is 21.7 Å². The maximum absolute atomic E-state index is 3.60. The minimum absolute atomic E-state index is 0. The van der Waals surface area contributed by atoms with E-state index in [1.165, 1.54) is 55.1 Å². The number of hydrogen-bond donors (Lipinski definition) is 0. The number of fused-ring (bicyclic) bond motifs is 2. The average Bonchev–Trinajstić information content (AvgIpc) is 3.64. The van der Waals surface area contributed by atoms with E-state index in [0.717, 1.165) is 12.8 Å². The van der Waals surface area contributed by atoms with Gasteiger partial charge in [0, 0.05) is 0 Å². The summed E-state index contributed by atoms with van der Waals surface area (Å²) in [5.41, 5.74) is 0. The molecular weight excluding hydrogens is 532 g/mol. The zero-order chi connectivity index (χ0) is 27.5. The summed E-state index contributed by atoms with van der Waals surface area (Å²) in [6.07, 6.45) is 4.56. The predicted molar refractivity (Wildman–Crippen MR) is 177 cm³/mol. The molecule has 0 saturated heterocycles. The van der Waals surface area contributed by atoms with E-state index in [2.05, 4.69) is 161 Å². The van der Waals surface area contributed by atoms with E-state index in [0.29, 0.717) is 0 Å². The summed E-state index contributed by atoms with van der Waals surface area (Å²) >= 11 is 0. The van der Waals surface area contributed by atoms with Crippen molar-refractivity contribution in [3.8, 4) is 0 Å². The van der Waals surface area contributed by atoms with Crippen LogP contribution in [0.5, 0.6) is 0 Å². The smallest absolute Gasteiger partial charge is 0.343 e. The Morgan fingerprint density at radius 3 is 1.18 bits per heavy atom. The van der Waals surface area contributed by atoms with E-state index in [1.807, 2.05) is 0 Å². The molecular formula is C38H40SiTi. The van der Waals surface area contributed by atoms with Gasteiger partial charge in [-0.2, -0.15) is 35.7 Å². The molecule has 200 valence electrons. The van der Waals surface area contributed by atoms with E-state index >= 15 is 0 Å². The van der Waals surface area contributed by atoms with Gasteiger partial charge in [0.15, 0.2) is 0 Å². The second-order valence-electron chi connectivity index (χ2n) is 9.94. The summed E-state index contributed by atoms with van der Waals surface area (Å²) < 4.78 is 0. The topological polar surface area (TPSA) is 0 Å². The molecule has 6 rings (SSSR count). The van der Waals surface area contributed by atoms with Crippen molar-refractivity contribution in [1.29, 1.82) is 0 Å². The van der Waals surface area contributed by atoms with Crippen molar-refractivity contribution in [2.45, 2.75) is 39.5 Å². The molecule has 0 aromatic heterocycles. The van der Waals surface area contributed by atoms with E-state index in [4.69, 9.17) is 0 Å². The molecule has 0 saturated carbocycles. The van der Waals surface area contributed by atoms with Gasteiger partial charge in [-0.15, -0.1) is 69.7 Å². The van der Waals surface area contributed by atoms with Gasteiger partial charge in [-0.25, -0.2) is 0 Å². The number of rotatable bonds is 6. The van der Waals surface area contributed by atoms with Crippen LogP contribution in [-0.4, -0.2) is 8.07 Å². The normalized spacial score (nSPS) is 10.7. The van der Waals surface area contributed by atoms with Crippen molar-refractivity contribution < 1.29 is 21.7 Å². The largest absolute Gasteiger partial charge is 4.00 e. The van der Waals surface area contributed by atoms with Crippen LogP contribution >= 0.6 is 0 Å². The van der Waals surface area contributed by atoms with Gasteiger partial charge in [0.05, 0.1) is 0 Å². The van der Waals surface area contributed by atoms with Crippen LogP contribution in [0, 0.1) is 13.8 Å². The molecule has 6 aromatic rings. The number of hydrogen-bond acceptors (Lipinski definition) is 0. The first-order chi connectivity index (χ1) is 19.2. The molecule has 0 bridgehead atoms. The molecule has 0 radical (unpaired) electrons. The Kier molecular flexibility index (Phi) is 12.4. The fourth-order valence-electron chi connectivity index (χ4n) is 5.11. The van der Waals surface area contributed by atoms with E-state index in [9.17, 15) is 0 Å². The molecule has 0 unspecified atom stereocenters. The van der Waals surface area contributed by atoms with Crippen LogP contribution in [-0.2, 0) is 21.7 Å². The molecule has 0 spiro atoms. The minimum Gasteiger partial charge on any atom is -0.343 e. The molecule has 40 heavy (non-hydrogen) atoms. The molecule has 2 heteroatoms. The first-order valence-electron chi connectivity index (χ1n) is 14.2. The third kappa shape index (κ3) is 6.84. The first-order valence-corrected chi connectivity index (χ1v) is 16.2. The Balaban J connectivity index is 0.000000437. The standard InChI is InChI=1S/C30H22Si.2C4H9.Ti/c1-3-15-27(16-4-1)31(28-17-5-2-6-18-28,29-19-23-11-7-8-12-24(23)20-29)30-21-25-13-9-10-14-26(25)22-30;2*1-3-4-2;/h1-22H;2*1,3-4H2,2H3;/q-2;2*-1;+4. The Labute approximate surface area is 257 Å². The molecule has 0 nitrogen and oxygen atoms in total. The van der Waals surface area contributed by atoms with Crippen molar-refractivity contribution in [3.63, 3.8) is 0 Å². The Morgan fingerprint density at radius 2 is 0.850 bits per heavy atom. The van der Waals surface area contributed by atoms with Crippen LogP contribution in [0.1, 0.15) is 39.5 Å². The van der Waals surface area contributed by atoms with Gasteiger partial charge in [0.1, 0.15) is 8.07 Å². The Morgan fingerprint density at radius 1 is 0.525 bits per heavy atom. The second kappa shape index (κ2) is 15.7. The minimum atomic E-state index is -2.47. The summed E-state index contributed by atoms with van der Waals surface area (Å²) in [4.78, 5) is 0. The Hall–Kier alpha value is -2.97. The van der Waals surface area contributed by atoms with Gasteiger partial charge >= 0.3 is 21.7 Å². The zero-order valence-electron chi connectivity index (χ0n) is 23.9. The van der Waals surface area contributed by atoms with Gasteiger partial charge in [0.25, 0.3) is 0 Å². The van der Waals surface area contributed by atoms with Gasteiger partial charge < -0.3 is 13.8 Å². The fraction of sp³-hybridized carbons (Fsp3) is 0.158. The zero-order valence-corrected chi connectivity index (χ0v) is 26.5. The molecule has 0 heterocycles. The summed E-state index contributed by atoms with van der Waals surface area (Å²) in [6, 6.07) is 49.5. The maximum atomic E-state index is 3.60. The molecule has 0 fully saturated rings. The van der Waals surface area contributed by atoms with Crippen LogP contribution in [0.2, 0.25) is 0 Å². The molecule has 0 aliphatic rings. The monoisotopic (exact) mass is 572 g/mol.